The Morgan fingerprint density at radius 2 is 1.17 bits per heavy atom. The quantitative estimate of drug-likeness (QED) is 0.326. The third-order valence-corrected chi connectivity index (χ3v) is 10.2. The average molecular weight is 697 g/mol. The summed E-state index contributed by atoms with van der Waals surface area (Å²) in [7, 11) is 0. The van der Waals surface area contributed by atoms with Gasteiger partial charge in [0, 0.05) is 24.5 Å². The molecule has 2 saturated heterocycles. The second-order valence-electron chi connectivity index (χ2n) is 10.3. The molecule has 4 aliphatic rings. The maximum Gasteiger partial charge on any atom is 0.326 e. The Hall–Kier alpha value is -3.72. The highest BCUT2D eigenvalue weighted by atomic mass is 32.2. The smallest absolute Gasteiger partial charge is 0.326 e. The zero-order valence-electron chi connectivity index (χ0n) is 25.3. The van der Waals surface area contributed by atoms with Crippen LogP contribution in [0.4, 0.5) is 11.4 Å². The Balaban J connectivity index is 1.38. The topological polar surface area (TPSA) is 99.7 Å². The van der Waals surface area contributed by atoms with E-state index in [1.807, 2.05) is 72.2 Å². The Morgan fingerprint density at radius 1 is 0.674 bits per heavy atom. The predicted molar refractivity (Wildman–Crippen MR) is 190 cm³/mol. The number of hydrogen-bond donors (Lipinski definition) is 0. The molecule has 4 heterocycles. The second-order valence-corrected chi connectivity index (χ2v) is 13.7. The van der Waals surface area contributed by atoms with Gasteiger partial charge in [0.2, 0.25) is 0 Å². The van der Waals surface area contributed by atoms with Crippen molar-refractivity contribution in [1.82, 2.24) is 9.80 Å². The first-order valence-corrected chi connectivity index (χ1v) is 17.1. The molecule has 46 heavy (non-hydrogen) atoms. The molecule has 0 atom stereocenters. The van der Waals surface area contributed by atoms with E-state index in [1.54, 1.807) is 12.2 Å². The van der Waals surface area contributed by atoms with Gasteiger partial charge in [-0.25, -0.2) is 0 Å². The molecule has 8 bridgehead atoms. The van der Waals surface area contributed by atoms with Gasteiger partial charge in [-0.15, -0.1) is 0 Å². The fraction of sp³-hybridized carbons (Fsp3) is 0.312. The lowest BCUT2D eigenvalue weighted by molar-refractivity contribution is -0.146. The number of nitrogens with zero attached hydrogens (tertiary/aromatic N) is 4. The molecule has 2 amide bonds. The van der Waals surface area contributed by atoms with Crippen LogP contribution in [0.2, 0.25) is 0 Å². The largest absolute Gasteiger partial charge is 0.462 e. The van der Waals surface area contributed by atoms with Gasteiger partial charge in [0.1, 0.15) is 34.9 Å². The van der Waals surface area contributed by atoms with Crippen LogP contribution in [0, 0.1) is 0 Å². The first-order valence-electron chi connectivity index (χ1n) is 14.7. The number of fused-ring (bicyclic) bond motifs is 12. The zero-order chi connectivity index (χ0) is 32.8. The number of thioether (sulfide) groups is 2. The number of carbonyl (C=O) groups excluding carboxylic acids is 4. The number of carbonyl (C=O) groups is 4. The van der Waals surface area contributed by atoms with Crippen molar-refractivity contribution in [2.24, 2.45) is 0 Å². The van der Waals surface area contributed by atoms with Crippen molar-refractivity contribution in [2.45, 2.75) is 13.8 Å². The molecule has 10 nitrogen and oxygen atoms in total. The van der Waals surface area contributed by atoms with Gasteiger partial charge in [-0.1, -0.05) is 72.2 Å². The molecular weight excluding hydrogens is 665 g/mol. The molecule has 0 spiro atoms. The minimum Gasteiger partial charge on any atom is -0.462 e. The third kappa shape index (κ3) is 7.97. The summed E-state index contributed by atoms with van der Waals surface area (Å²) in [6.07, 6.45) is 3.49. The standard InChI is InChI=1S/C32H32N4O6S4/c1-3-33-12-14-41-27(37)20-36-30(40)26(46-32(36)44)18-22-6-5-7-24(16-22)34(4-2)13-15-42-28(38)19-35-29(39)25(45-31(35)43)17-21-8-10-23(33)11-9-21/h5-11,16-18H,3-4,12-15,19-20H2,1-2H3/b25-17+,26-18-. The van der Waals surface area contributed by atoms with Gasteiger partial charge in [0.25, 0.3) is 11.8 Å². The summed E-state index contributed by atoms with van der Waals surface area (Å²) in [5.74, 6) is -1.78. The molecular formula is C32H32N4O6S4. The lowest BCUT2D eigenvalue weighted by Gasteiger charge is -2.23. The Kier molecular flexibility index (Phi) is 11.1. The normalized spacial score (nSPS) is 21.1. The van der Waals surface area contributed by atoms with Gasteiger partial charge in [-0.2, -0.15) is 0 Å². The summed E-state index contributed by atoms with van der Waals surface area (Å²) in [6.45, 7) is 5.86. The fourth-order valence-electron chi connectivity index (χ4n) is 5.00. The van der Waals surface area contributed by atoms with Crippen LogP contribution in [-0.2, 0) is 28.7 Å². The van der Waals surface area contributed by atoms with Gasteiger partial charge < -0.3 is 19.3 Å². The summed E-state index contributed by atoms with van der Waals surface area (Å²) < 4.78 is 11.6. The minimum atomic E-state index is -0.548. The van der Waals surface area contributed by atoms with Crippen LogP contribution < -0.4 is 9.80 Å². The number of benzene rings is 2. The van der Waals surface area contributed by atoms with Crippen molar-refractivity contribution < 1.29 is 28.7 Å². The van der Waals surface area contributed by atoms with E-state index in [-0.39, 0.29) is 38.1 Å². The van der Waals surface area contributed by atoms with Crippen LogP contribution in [0.15, 0.2) is 58.3 Å². The number of rotatable bonds is 2. The number of amides is 2. The minimum absolute atomic E-state index is 0.109. The Labute approximate surface area is 286 Å². The number of likely N-dealkylation sites (N-methyl/N-ethyl adjacent to an activating group) is 2. The summed E-state index contributed by atoms with van der Waals surface area (Å²) in [6, 6.07) is 15.2. The van der Waals surface area contributed by atoms with Crippen molar-refractivity contribution in [2.75, 3.05) is 62.3 Å². The molecule has 0 aromatic heterocycles. The average Bonchev–Trinajstić information content (AvgIpc) is 3.45. The van der Waals surface area contributed by atoms with Gasteiger partial charge in [0.15, 0.2) is 0 Å². The van der Waals surface area contributed by atoms with E-state index in [1.165, 1.54) is 9.80 Å². The molecule has 6 rings (SSSR count). The van der Waals surface area contributed by atoms with E-state index in [9.17, 15) is 19.2 Å². The SMILES string of the molecule is CCN1CCOC(=O)CN2C(=O)/C(=C/c3cccc(c3)N(CC)CCOC(=O)CN3C(=O)/C(=C\c4ccc1cc4)SC3=S)SC2=S. The molecule has 14 heteroatoms. The van der Waals surface area contributed by atoms with E-state index in [0.29, 0.717) is 44.6 Å². The number of ether oxygens (including phenoxy) is 2. The Bertz CT molecular complexity index is 1630. The molecule has 2 aromatic carbocycles. The van der Waals surface area contributed by atoms with Crippen molar-refractivity contribution in [3.05, 3.63) is 69.5 Å². The molecule has 2 aromatic rings. The molecule has 0 N–H and O–H groups in total. The lowest BCUT2D eigenvalue weighted by Crippen LogP contribution is -2.35. The van der Waals surface area contributed by atoms with Crippen LogP contribution in [-0.4, -0.2) is 94.7 Å². The summed E-state index contributed by atoms with van der Waals surface area (Å²) >= 11 is 13.1. The van der Waals surface area contributed by atoms with Crippen LogP contribution in [0.1, 0.15) is 25.0 Å². The van der Waals surface area contributed by atoms with E-state index < -0.39 is 11.9 Å². The molecule has 0 radical (unpaired) electrons. The van der Waals surface area contributed by atoms with Crippen LogP contribution >= 0.6 is 48.0 Å². The maximum absolute atomic E-state index is 13.2. The van der Waals surface area contributed by atoms with Gasteiger partial charge in [0.05, 0.1) is 22.9 Å². The first-order chi connectivity index (χ1) is 22.2. The third-order valence-electron chi connectivity index (χ3n) is 7.42. The van der Waals surface area contributed by atoms with Crippen LogP contribution in [0.25, 0.3) is 12.2 Å². The predicted octanol–water partition coefficient (Wildman–Crippen LogP) is 4.54. The summed E-state index contributed by atoms with van der Waals surface area (Å²) in [4.78, 5) is 59.2. The molecule has 240 valence electrons. The molecule has 2 fully saturated rings. The highest BCUT2D eigenvalue weighted by Gasteiger charge is 2.35. The van der Waals surface area contributed by atoms with Gasteiger partial charge >= 0.3 is 11.9 Å². The lowest BCUT2D eigenvalue weighted by atomic mass is 10.1. The summed E-state index contributed by atoms with van der Waals surface area (Å²) in [5.41, 5.74) is 3.37. The number of hydrogen-bond acceptors (Lipinski definition) is 12. The maximum atomic E-state index is 13.2. The number of thiocarbonyl (C=S) groups is 2. The van der Waals surface area contributed by atoms with Crippen molar-refractivity contribution in [1.29, 1.82) is 0 Å². The highest BCUT2D eigenvalue weighted by molar-refractivity contribution is 8.27. The van der Waals surface area contributed by atoms with Crippen LogP contribution in [0.5, 0.6) is 0 Å². The van der Waals surface area contributed by atoms with Crippen molar-refractivity contribution in [3.8, 4) is 0 Å². The first kappa shape index (κ1) is 33.6. The van der Waals surface area contributed by atoms with Crippen LogP contribution in [0.3, 0.4) is 0 Å². The number of anilines is 2. The highest BCUT2D eigenvalue weighted by Crippen LogP contribution is 2.34. The van der Waals surface area contributed by atoms with E-state index in [4.69, 9.17) is 33.9 Å². The van der Waals surface area contributed by atoms with E-state index >= 15 is 0 Å². The van der Waals surface area contributed by atoms with Gasteiger partial charge in [-0.3, -0.25) is 29.0 Å². The van der Waals surface area contributed by atoms with E-state index in [2.05, 4.69) is 0 Å². The summed E-state index contributed by atoms with van der Waals surface area (Å²) in [5, 5.41) is 0. The van der Waals surface area contributed by atoms with Crippen molar-refractivity contribution >= 4 is 104 Å². The number of esters is 2. The van der Waals surface area contributed by atoms with E-state index in [0.717, 1.165) is 46.0 Å². The fourth-order valence-corrected chi connectivity index (χ4v) is 7.51. The molecule has 4 aliphatic heterocycles. The zero-order valence-corrected chi connectivity index (χ0v) is 28.6. The molecule has 0 unspecified atom stereocenters. The monoisotopic (exact) mass is 696 g/mol. The second kappa shape index (κ2) is 15.2. The Morgan fingerprint density at radius 3 is 1.70 bits per heavy atom. The van der Waals surface area contributed by atoms with Gasteiger partial charge in [-0.05, 0) is 61.4 Å². The van der Waals surface area contributed by atoms with Crippen molar-refractivity contribution in [3.63, 3.8) is 0 Å². The molecule has 0 saturated carbocycles. The molecule has 0 aliphatic carbocycles.